The number of rotatable bonds is 5. The minimum Gasteiger partial charge on any atom is -0.361 e. The third-order valence-electron chi connectivity index (χ3n) is 5.18. The van der Waals surface area contributed by atoms with E-state index in [1.54, 1.807) is 11.8 Å². The predicted molar refractivity (Wildman–Crippen MR) is 99.1 cm³/mol. The molecular weight excluding hydrogens is 334 g/mol. The zero-order valence-electron chi connectivity index (χ0n) is 14.9. The summed E-state index contributed by atoms with van der Waals surface area (Å²) in [5, 5.41) is 5.01. The number of piperazine rings is 1. The Morgan fingerprint density at radius 3 is 2.56 bits per heavy atom. The molecule has 0 N–H and O–H groups in total. The van der Waals surface area contributed by atoms with E-state index in [4.69, 9.17) is 14.5 Å². The maximum Gasteiger partial charge on any atom is 0.189 e. The summed E-state index contributed by atoms with van der Waals surface area (Å²) in [6.45, 7) is 6.81. The van der Waals surface area contributed by atoms with Gasteiger partial charge in [-0.3, -0.25) is 4.90 Å². The van der Waals surface area contributed by atoms with Crippen molar-refractivity contribution in [3.63, 3.8) is 0 Å². The van der Waals surface area contributed by atoms with Gasteiger partial charge >= 0.3 is 0 Å². The highest BCUT2D eigenvalue weighted by Crippen LogP contribution is 2.37. The molecule has 2 aromatic rings. The van der Waals surface area contributed by atoms with Crippen LogP contribution in [0.1, 0.15) is 42.3 Å². The Labute approximate surface area is 153 Å². The van der Waals surface area contributed by atoms with Gasteiger partial charge in [-0.1, -0.05) is 23.3 Å². The predicted octanol–water partition coefficient (Wildman–Crippen LogP) is 3.08. The van der Waals surface area contributed by atoms with Gasteiger partial charge < -0.3 is 9.42 Å². The Kier molecular flexibility index (Phi) is 4.94. The Bertz CT molecular complexity index is 722. The van der Waals surface area contributed by atoms with Crippen molar-refractivity contribution in [3.8, 4) is 0 Å². The van der Waals surface area contributed by atoms with Crippen LogP contribution in [0.3, 0.4) is 0 Å². The molecule has 1 aliphatic carbocycles. The van der Waals surface area contributed by atoms with E-state index in [1.165, 1.54) is 25.0 Å². The summed E-state index contributed by atoms with van der Waals surface area (Å²) in [5.74, 6) is 2.62. The van der Waals surface area contributed by atoms with Crippen LogP contribution in [0.5, 0.6) is 0 Å². The van der Waals surface area contributed by atoms with E-state index >= 15 is 0 Å². The standard InChI is InChI=1S/C18H25N5OS/c1-13-10-15(21-24-13)12-22-6-8-23(9-7-22)17-11-16(14-4-3-5-14)19-18(20-17)25-2/h10-11,14H,3-9,12H2,1-2H3. The Balaban J connectivity index is 1.41. The van der Waals surface area contributed by atoms with Crippen molar-refractivity contribution in [3.05, 3.63) is 29.3 Å². The van der Waals surface area contributed by atoms with Gasteiger partial charge in [-0.05, 0) is 26.0 Å². The molecule has 4 rings (SSSR count). The molecule has 7 heteroatoms. The van der Waals surface area contributed by atoms with Crippen LogP contribution in [-0.2, 0) is 6.54 Å². The second kappa shape index (κ2) is 7.33. The lowest BCUT2D eigenvalue weighted by molar-refractivity contribution is 0.241. The largest absolute Gasteiger partial charge is 0.361 e. The van der Waals surface area contributed by atoms with Crippen LogP contribution in [0, 0.1) is 6.92 Å². The van der Waals surface area contributed by atoms with Crippen LogP contribution in [0.4, 0.5) is 5.82 Å². The molecule has 25 heavy (non-hydrogen) atoms. The molecule has 0 radical (unpaired) electrons. The number of nitrogens with zero attached hydrogens (tertiary/aromatic N) is 5. The van der Waals surface area contributed by atoms with Gasteiger partial charge in [0.25, 0.3) is 0 Å². The number of anilines is 1. The first-order valence-electron chi connectivity index (χ1n) is 9.04. The van der Waals surface area contributed by atoms with E-state index in [1.807, 2.05) is 13.0 Å². The van der Waals surface area contributed by atoms with Crippen molar-refractivity contribution in [1.29, 1.82) is 0 Å². The molecule has 2 fully saturated rings. The molecule has 0 atom stereocenters. The van der Waals surface area contributed by atoms with Crippen LogP contribution in [-0.4, -0.2) is 52.5 Å². The summed E-state index contributed by atoms with van der Waals surface area (Å²) in [6, 6.07) is 4.24. The van der Waals surface area contributed by atoms with Gasteiger partial charge in [0.2, 0.25) is 0 Å². The molecule has 0 spiro atoms. The normalized spacial score (nSPS) is 19.2. The summed E-state index contributed by atoms with van der Waals surface area (Å²) in [5.41, 5.74) is 2.26. The number of aryl methyl sites for hydroxylation is 1. The fourth-order valence-electron chi connectivity index (χ4n) is 3.45. The molecular formula is C18H25N5OS. The van der Waals surface area contributed by atoms with Gasteiger partial charge in [0.1, 0.15) is 11.6 Å². The molecule has 0 aromatic carbocycles. The lowest BCUT2D eigenvalue weighted by Crippen LogP contribution is -2.46. The molecule has 3 heterocycles. The number of thioether (sulfide) groups is 1. The molecule has 6 nitrogen and oxygen atoms in total. The highest BCUT2D eigenvalue weighted by molar-refractivity contribution is 7.98. The summed E-state index contributed by atoms with van der Waals surface area (Å²) in [4.78, 5) is 14.3. The highest BCUT2D eigenvalue weighted by Gasteiger charge is 2.25. The minimum atomic E-state index is 0.643. The third-order valence-corrected chi connectivity index (χ3v) is 5.72. The molecule has 0 amide bonds. The zero-order valence-corrected chi connectivity index (χ0v) is 15.8. The van der Waals surface area contributed by atoms with Crippen LogP contribution >= 0.6 is 11.8 Å². The fourth-order valence-corrected chi connectivity index (χ4v) is 3.83. The number of aromatic nitrogens is 3. The van der Waals surface area contributed by atoms with Gasteiger partial charge in [-0.25, -0.2) is 9.97 Å². The number of hydrogen-bond donors (Lipinski definition) is 0. The average molecular weight is 359 g/mol. The second-order valence-electron chi connectivity index (χ2n) is 6.96. The molecule has 2 aliphatic rings. The minimum absolute atomic E-state index is 0.643. The van der Waals surface area contributed by atoms with Gasteiger partial charge in [0.05, 0.1) is 11.4 Å². The third kappa shape index (κ3) is 3.82. The summed E-state index contributed by atoms with van der Waals surface area (Å²) in [6.07, 6.45) is 5.94. The van der Waals surface area contributed by atoms with E-state index in [0.717, 1.165) is 55.2 Å². The van der Waals surface area contributed by atoms with Gasteiger partial charge in [0.15, 0.2) is 5.16 Å². The summed E-state index contributed by atoms with van der Waals surface area (Å²) < 4.78 is 5.17. The fraction of sp³-hybridized carbons (Fsp3) is 0.611. The average Bonchev–Trinajstić information content (AvgIpc) is 2.98. The summed E-state index contributed by atoms with van der Waals surface area (Å²) >= 11 is 1.64. The van der Waals surface area contributed by atoms with Crippen molar-refractivity contribution in [2.75, 3.05) is 37.3 Å². The molecule has 1 aliphatic heterocycles. The van der Waals surface area contributed by atoms with Gasteiger partial charge in [-0.15, -0.1) is 0 Å². The molecule has 2 aromatic heterocycles. The monoisotopic (exact) mass is 359 g/mol. The lowest BCUT2D eigenvalue weighted by Gasteiger charge is -2.35. The van der Waals surface area contributed by atoms with Crippen LogP contribution < -0.4 is 4.90 Å². The molecule has 0 unspecified atom stereocenters. The zero-order chi connectivity index (χ0) is 17.2. The first-order valence-corrected chi connectivity index (χ1v) is 10.3. The smallest absolute Gasteiger partial charge is 0.189 e. The highest BCUT2D eigenvalue weighted by atomic mass is 32.2. The van der Waals surface area contributed by atoms with Crippen molar-refractivity contribution < 1.29 is 4.52 Å². The van der Waals surface area contributed by atoms with E-state index < -0.39 is 0 Å². The second-order valence-corrected chi connectivity index (χ2v) is 7.73. The first kappa shape index (κ1) is 16.8. The maximum atomic E-state index is 5.17. The lowest BCUT2D eigenvalue weighted by atomic mass is 9.83. The Morgan fingerprint density at radius 2 is 1.96 bits per heavy atom. The molecule has 0 bridgehead atoms. The van der Waals surface area contributed by atoms with E-state index in [9.17, 15) is 0 Å². The first-order chi connectivity index (χ1) is 12.2. The van der Waals surface area contributed by atoms with Crippen molar-refractivity contribution in [1.82, 2.24) is 20.0 Å². The van der Waals surface area contributed by atoms with Gasteiger partial charge in [-0.2, -0.15) is 0 Å². The molecule has 1 saturated heterocycles. The quantitative estimate of drug-likeness (QED) is 0.600. The summed E-state index contributed by atoms with van der Waals surface area (Å²) in [7, 11) is 0. The van der Waals surface area contributed by atoms with Crippen molar-refractivity contribution in [2.24, 2.45) is 0 Å². The van der Waals surface area contributed by atoms with Crippen LogP contribution in [0.25, 0.3) is 0 Å². The van der Waals surface area contributed by atoms with Crippen molar-refractivity contribution in [2.45, 2.75) is 43.8 Å². The SMILES string of the molecule is CSc1nc(C2CCC2)cc(N2CCN(Cc3cc(C)on3)CC2)n1. The van der Waals surface area contributed by atoms with E-state index in [-0.39, 0.29) is 0 Å². The van der Waals surface area contributed by atoms with Crippen LogP contribution in [0.15, 0.2) is 21.8 Å². The van der Waals surface area contributed by atoms with Gasteiger partial charge in [0, 0.05) is 50.8 Å². The van der Waals surface area contributed by atoms with E-state index in [0.29, 0.717) is 5.92 Å². The number of hydrogen-bond acceptors (Lipinski definition) is 7. The molecule has 1 saturated carbocycles. The van der Waals surface area contributed by atoms with Crippen LogP contribution in [0.2, 0.25) is 0 Å². The molecule has 134 valence electrons. The Hall–Kier alpha value is -1.60. The maximum absolute atomic E-state index is 5.17. The Morgan fingerprint density at radius 1 is 1.16 bits per heavy atom. The van der Waals surface area contributed by atoms with E-state index in [2.05, 4.69) is 27.3 Å². The topological polar surface area (TPSA) is 58.3 Å². The van der Waals surface area contributed by atoms with Crippen molar-refractivity contribution >= 4 is 17.6 Å².